The molecule has 1 heterocycles. The molecular formula is C16H19BrF3NO. The first kappa shape index (κ1) is 17.3. The van der Waals surface area contributed by atoms with Crippen LogP contribution >= 0.6 is 15.9 Å². The van der Waals surface area contributed by atoms with Gasteiger partial charge >= 0.3 is 12.1 Å². The van der Waals surface area contributed by atoms with Gasteiger partial charge in [0.15, 0.2) is 0 Å². The number of carbonyl (C=O) groups is 1. The average molecular weight is 378 g/mol. The molecule has 0 N–H and O–H groups in total. The average Bonchev–Trinajstić information content (AvgIpc) is 2.56. The van der Waals surface area contributed by atoms with E-state index in [-0.39, 0.29) is 6.54 Å². The summed E-state index contributed by atoms with van der Waals surface area (Å²) in [4.78, 5) is 12.9. The highest BCUT2D eigenvalue weighted by Crippen LogP contribution is 2.36. The Labute approximate surface area is 136 Å². The predicted molar refractivity (Wildman–Crippen MR) is 82.6 cm³/mol. The number of amides is 1. The lowest BCUT2D eigenvalue weighted by atomic mass is 9.82. The second kappa shape index (κ2) is 5.87. The van der Waals surface area contributed by atoms with Crippen molar-refractivity contribution < 1.29 is 18.0 Å². The lowest BCUT2D eigenvalue weighted by Crippen LogP contribution is -2.52. The first-order valence-corrected chi connectivity index (χ1v) is 7.95. The first-order chi connectivity index (χ1) is 10.0. The second-order valence-electron chi connectivity index (χ2n) is 6.71. The van der Waals surface area contributed by atoms with Crippen LogP contribution < -0.4 is 0 Å². The van der Waals surface area contributed by atoms with Gasteiger partial charge in [-0.25, -0.2) is 0 Å². The van der Waals surface area contributed by atoms with E-state index in [1.165, 1.54) is 0 Å². The van der Waals surface area contributed by atoms with Crippen LogP contribution in [0.2, 0.25) is 0 Å². The van der Waals surface area contributed by atoms with Gasteiger partial charge in [0.2, 0.25) is 0 Å². The van der Waals surface area contributed by atoms with Gasteiger partial charge in [0.25, 0.3) is 0 Å². The van der Waals surface area contributed by atoms with Crippen LogP contribution in [0.15, 0.2) is 22.7 Å². The second-order valence-corrected chi connectivity index (χ2v) is 7.56. The van der Waals surface area contributed by atoms with E-state index in [0.29, 0.717) is 12.8 Å². The summed E-state index contributed by atoms with van der Waals surface area (Å²) in [6, 6.07) is 5.18. The Hall–Kier alpha value is -1.04. The minimum atomic E-state index is -4.84. The Morgan fingerprint density at radius 1 is 1.27 bits per heavy atom. The van der Waals surface area contributed by atoms with Crippen LogP contribution in [0, 0.1) is 5.41 Å². The number of rotatable bonds is 0. The molecule has 0 bridgehead atoms. The first-order valence-electron chi connectivity index (χ1n) is 7.16. The van der Waals surface area contributed by atoms with Crippen molar-refractivity contribution in [3.05, 3.63) is 33.8 Å². The van der Waals surface area contributed by atoms with Crippen molar-refractivity contribution in [1.29, 1.82) is 0 Å². The third kappa shape index (κ3) is 3.47. The SMILES string of the molecule is CC(C)(C)[C@@H]1Cc2c(Br)cccc2CCN1C(=O)C(F)(F)F. The molecule has 6 heteroatoms. The fraction of sp³-hybridized carbons (Fsp3) is 0.562. The zero-order valence-electron chi connectivity index (χ0n) is 12.8. The minimum absolute atomic E-state index is 0.0870. The van der Waals surface area contributed by atoms with Gasteiger partial charge in [-0.1, -0.05) is 48.8 Å². The van der Waals surface area contributed by atoms with Crippen LogP contribution in [0.25, 0.3) is 0 Å². The Bertz CT molecular complexity index is 578. The third-order valence-electron chi connectivity index (χ3n) is 4.11. The molecular weight excluding hydrogens is 359 g/mol. The van der Waals surface area contributed by atoms with Crippen molar-refractivity contribution in [1.82, 2.24) is 4.90 Å². The Morgan fingerprint density at radius 2 is 1.91 bits per heavy atom. The molecule has 1 atom stereocenters. The molecule has 122 valence electrons. The fourth-order valence-electron chi connectivity index (χ4n) is 2.95. The van der Waals surface area contributed by atoms with Gasteiger partial charge in [-0.3, -0.25) is 4.79 Å². The summed E-state index contributed by atoms with van der Waals surface area (Å²) in [6.45, 7) is 5.70. The molecule has 2 rings (SSSR count). The standard InChI is InChI=1S/C16H19BrF3NO/c1-15(2,3)13-9-11-10(5-4-6-12(11)17)7-8-21(13)14(22)16(18,19)20/h4-6,13H,7-9H2,1-3H3/t13-/m0/s1. The zero-order valence-corrected chi connectivity index (χ0v) is 14.4. The molecule has 0 saturated carbocycles. The maximum Gasteiger partial charge on any atom is 0.471 e. The number of benzene rings is 1. The Balaban J connectivity index is 2.46. The number of halogens is 4. The van der Waals surface area contributed by atoms with Crippen molar-refractivity contribution in [2.45, 2.75) is 45.8 Å². The van der Waals surface area contributed by atoms with Crippen molar-refractivity contribution in [2.75, 3.05) is 6.54 Å². The van der Waals surface area contributed by atoms with Gasteiger partial charge < -0.3 is 4.90 Å². The molecule has 1 aromatic carbocycles. The van der Waals surface area contributed by atoms with Gasteiger partial charge in [0.05, 0.1) is 0 Å². The predicted octanol–water partition coefficient (Wildman–Crippen LogP) is 4.35. The molecule has 1 aliphatic heterocycles. The monoisotopic (exact) mass is 377 g/mol. The van der Waals surface area contributed by atoms with Gasteiger partial charge in [0.1, 0.15) is 0 Å². The van der Waals surface area contributed by atoms with Crippen LogP contribution in [0.3, 0.4) is 0 Å². The molecule has 1 aromatic rings. The van der Waals surface area contributed by atoms with Crippen LogP contribution in [-0.2, 0) is 17.6 Å². The van der Waals surface area contributed by atoms with E-state index in [0.717, 1.165) is 20.5 Å². The molecule has 0 saturated heterocycles. The number of carbonyl (C=O) groups excluding carboxylic acids is 1. The molecule has 1 amide bonds. The number of nitrogens with zero attached hydrogens (tertiary/aromatic N) is 1. The summed E-state index contributed by atoms with van der Waals surface area (Å²) in [5.41, 5.74) is 1.55. The molecule has 0 fully saturated rings. The molecule has 0 aliphatic carbocycles. The molecule has 0 aromatic heterocycles. The van der Waals surface area contributed by atoms with Gasteiger partial charge in [-0.15, -0.1) is 0 Å². The summed E-state index contributed by atoms with van der Waals surface area (Å²) in [6.07, 6.45) is -3.98. The number of hydrogen-bond donors (Lipinski definition) is 0. The van der Waals surface area contributed by atoms with E-state index < -0.39 is 23.5 Å². The van der Waals surface area contributed by atoms with E-state index in [1.54, 1.807) is 0 Å². The van der Waals surface area contributed by atoms with Gasteiger partial charge in [-0.2, -0.15) is 13.2 Å². The number of alkyl halides is 3. The minimum Gasteiger partial charge on any atom is -0.331 e. The Morgan fingerprint density at radius 3 is 2.45 bits per heavy atom. The molecule has 1 aliphatic rings. The van der Waals surface area contributed by atoms with E-state index in [2.05, 4.69) is 15.9 Å². The fourth-order valence-corrected chi connectivity index (χ4v) is 3.52. The van der Waals surface area contributed by atoms with Crippen molar-refractivity contribution in [3.8, 4) is 0 Å². The Kier molecular flexibility index (Phi) is 4.62. The van der Waals surface area contributed by atoms with Crippen molar-refractivity contribution >= 4 is 21.8 Å². The maximum atomic E-state index is 12.9. The summed E-state index contributed by atoms with van der Waals surface area (Å²) >= 11 is 3.48. The normalized spacial score (nSPS) is 19.6. The lowest BCUT2D eigenvalue weighted by Gasteiger charge is -2.39. The van der Waals surface area contributed by atoms with Gasteiger partial charge in [-0.05, 0) is 35.4 Å². The van der Waals surface area contributed by atoms with Crippen molar-refractivity contribution in [2.24, 2.45) is 5.41 Å². The van der Waals surface area contributed by atoms with Crippen LogP contribution in [0.5, 0.6) is 0 Å². The summed E-state index contributed by atoms with van der Waals surface area (Å²) < 4.78 is 39.7. The molecule has 0 unspecified atom stereocenters. The number of hydrogen-bond acceptors (Lipinski definition) is 1. The van der Waals surface area contributed by atoms with Crippen LogP contribution in [0.4, 0.5) is 13.2 Å². The summed E-state index contributed by atoms with van der Waals surface area (Å²) in [7, 11) is 0. The summed E-state index contributed by atoms with van der Waals surface area (Å²) in [5, 5.41) is 0. The summed E-state index contributed by atoms with van der Waals surface area (Å²) in [5.74, 6) is -1.74. The van der Waals surface area contributed by atoms with Crippen LogP contribution in [-0.4, -0.2) is 29.6 Å². The highest BCUT2D eigenvalue weighted by Gasteiger charge is 2.47. The number of fused-ring (bicyclic) bond motifs is 1. The highest BCUT2D eigenvalue weighted by atomic mass is 79.9. The topological polar surface area (TPSA) is 20.3 Å². The lowest BCUT2D eigenvalue weighted by molar-refractivity contribution is -0.189. The van der Waals surface area contributed by atoms with Crippen LogP contribution in [0.1, 0.15) is 31.9 Å². The van der Waals surface area contributed by atoms with Gasteiger partial charge in [0, 0.05) is 17.1 Å². The molecule has 22 heavy (non-hydrogen) atoms. The van der Waals surface area contributed by atoms with E-state index >= 15 is 0 Å². The van der Waals surface area contributed by atoms with E-state index in [4.69, 9.17) is 0 Å². The highest BCUT2D eigenvalue weighted by molar-refractivity contribution is 9.10. The molecule has 2 nitrogen and oxygen atoms in total. The van der Waals surface area contributed by atoms with E-state index in [1.807, 2.05) is 39.0 Å². The van der Waals surface area contributed by atoms with E-state index in [9.17, 15) is 18.0 Å². The third-order valence-corrected chi connectivity index (χ3v) is 4.86. The van der Waals surface area contributed by atoms with Crippen molar-refractivity contribution in [3.63, 3.8) is 0 Å². The molecule has 0 radical (unpaired) electrons. The smallest absolute Gasteiger partial charge is 0.331 e. The maximum absolute atomic E-state index is 12.9. The quantitative estimate of drug-likeness (QED) is 0.657. The molecule has 0 spiro atoms. The zero-order chi connectivity index (χ0) is 16.7. The largest absolute Gasteiger partial charge is 0.471 e.